The molecule has 0 aromatic rings. The molecular formula is C32H53NO7S. The van der Waals surface area contributed by atoms with E-state index in [4.69, 9.17) is 14.2 Å². The first kappa shape index (κ1) is 35.7. The topological polar surface area (TPSA) is 102 Å². The van der Waals surface area contributed by atoms with E-state index in [-0.39, 0.29) is 66.5 Å². The highest BCUT2D eigenvalue weighted by Crippen LogP contribution is 2.34. The minimum Gasteiger partial charge on any atom is -0.462 e. The number of aliphatic hydroxyl groups excluding tert-OH is 1. The van der Waals surface area contributed by atoms with Crippen LogP contribution in [-0.2, 0) is 28.6 Å². The molecule has 8 nitrogen and oxygen atoms in total. The molecule has 0 amide bonds. The molecule has 1 saturated heterocycles. The number of aliphatic hydroxyl groups is 1. The van der Waals surface area contributed by atoms with E-state index in [9.17, 15) is 19.5 Å². The van der Waals surface area contributed by atoms with E-state index in [1.807, 2.05) is 65.9 Å². The van der Waals surface area contributed by atoms with Crippen LogP contribution in [0, 0.1) is 23.7 Å². The summed E-state index contributed by atoms with van der Waals surface area (Å²) >= 11 is 1.70. The summed E-state index contributed by atoms with van der Waals surface area (Å²) in [5.41, 5.74) is 0.943. The Morgan fingerprint density at radius 1 is 1.17 bits per heavy atom. The number of cyclic esters (lactones) is 1. The molecule has 0 aromatic carbocycles. The number of ether oxygens (including phenoxy) is 3. The predicted molar refractivity (Wildman–Crippen MR) is 164 cm³/mol. The number of carbonyl (C=O) groups excluding carboxylic acids is 3. The van der Waals surface area contributed by atoms with Crippen molar-refractivity contribution >= 4 is 29.8 Å². The number of hydrogen-bond donors (Lipinski definition) is 1. The Morgan fingerprint density at radius 3 is 2.49 bits per heavy atom. The molecule has 41 heavy (non-hydrogen) atoms. The van der Waals surface area contributed by atoms with Gasteiger partial charge in [0.2, 0.25) is 0 Å². The van der Waals surface area contributed by atoms with Crippen LogP contribution in [0.2, 0.25) is 0 Å². The van der Waals surface area contributed by atoms with E-state index < -0.39 is 18.5 Å². The second-order valence-electron chi connectivity index (χ2n) is 12.2. The van der Waals surface area contributed by atoms with Gasteiger partial charge < -0.3 is 29.0 Å². The summed E-state index contributed by atoms with van der Waals surface area (Å²) in [5.74, 6) is -0.224. The first-order valence-electron chi connectivity index (χ1n) is 15.1. The molecule has 234 valence electrons. The fourth-order valence-corrected chi connectivity index (χ4v) is 6.71. The Balaban J connectivity index is 2.44. The lowest BCUT2D eigenvalue weighted by Gasteiger charge is -2.44. The number of aldehydes is 1. The van der Waals surface area contributed by atoms with Crippen LogP contribution in [0.5, 0.6) is 0 Å². The van der Waals surface area contributed by atoms with Gasteiger partial charge >= 0.3 is 5.97 Å². The molecule has 1 fully saturated rings. The summed E-state index contributed by atoms with van der Waals surface area (Å²) in [5, 5.41) is 11.2. The molecule has 4 unspecified atom stereocenters. The molecule has 0 spiro atoms. The fraction of sp³-hybridized carbons (Fsp3) is 0.781. The van der Waals surface area contributed by atoms with Crippen molar-refractivity contribution in [2.75, 3.05) is 26.1 Å². The van der Waals surface area contributed by atoms with Crippen LogP contribution in [0.1, 0.15) is 73.1 Å². The van der Waals surface area contributed by atoms with Crippen molar-refractivity contribution in [2.45, 2.75) is 110 Å². The Bertz CT molecular complexity index is 906. The third-order valence-corrected chi connectivity index (χ3v) is 9.17. The maximum Gasteiger partial charge on any atom is 0.306 e. The van der Waals surface area contributed by atoms with Crippen LogP contribution in [-0.4, -0.2) is 90.9 Å². The van der Waals surface area contributed by atoms with Crippen LogP contribution < -0.4 is 0 Å². The van der Waals surface area contributed by atoms with Gasteiger partial charge in [0, 0.05) is 36.5 Å². The Morgan fingerprint density at radius 2 is 1.88 bits per heavy atom. The molecule has 1 N–H and O–H groups in total. The Hall–Kier alpha value is -1.52. The normalized spacial score (nSPS) is 38.6. The number of likely N-dealkylation sites (N-methyl/N-ethyl adjacent to an activating group) is 1. The largest absolute Gasteiger partial charge is 0.462 e. The van der Waals surface area contributed by atoms with E-state index in [0.717, 1.165) is 17.6 Å². The summed E-state index contributed by atoms with van der Waals surface area (Å²) in [6, 6.07) is -0.146. The van der Waals surface area contributed by atoms with Crippen LogP contribution in [0.4, 0.5) is 0 Å². The van der Waals surface area contributed by atoms with Gasteiger partial charge in [0.05, 0.1) is 12.2 Å². The van der Waals surface area contributed by atoms with Crippen molar-refractivity contribution in [3.8, 4) is 0 Å². The maximum atomic E-state index is 13.2. The standard InChI is InChI=1S/C32H53NO7S/c1-9-28-25(19-41-8)16-20(2)10-12-27(35)22(4)17-24(14-15-34)31(21(3)11-13-29(36)39-28)40-32-30(37)26(33(6)7)18-23(5)38-32/h10,12,15-16,21-26,28,30-32,37H,9,11,13-14,17-19H2,1-8H3/b12-10+,20-16+/t21-,22+,23?,24-,25+,26?,28+,30?,31+,32?/m0/s1. The summed E-state index contributed by atoms with van der Waals surface area (Å²) in [6.07, 6.45) is 8.43. The van der Waals surface area contributed by atoms with Crippen LogP contribution in [0.25, 0.3) is 0 Å². The maximum absolute atomic E-state index is 13.2. The average Bonchev–Trinajstić information content (AvgIpc) is 2.92. The number of rotatable bonds is 8. The number of hydrogen-bond acceptors (Lipinski definition) is 9. The molecule has 0 aliphatic carbocycles. The van der Waals surface area contributed by atoms with E-state index in [1.54, 1.807) is 17.8 Å². The van der Waals surface area contributed by atoms with Crippen molar-refractivity contribution in [1.82, 2.24) is 4.90 Å². The van der Waals surface area contributed by atoms with Crippen molar-refractivity contribution in [2.24, 2.45) is 23.7 Å². The predicted octanol–water partition coefficient (Wildman–Crippen LogP) is 4.83. The Kier molecular flexibility index (Phi) is 15.3. The SMILES string of the molecule is CC[C@H]1OC(=O)CC[C@H](C)[C@@H](OC2OC(C)CC(N(C)C)C2O)[C@@H](CC=O)C[C@@H](C)C(=O)/C=C/C(C)=C/[C@@H]1CSC. The molecule has 2 aliphatic heterocycles. The smallest absolute Gasteiger partial charge is 0.306 e. The van der Waals surface area contributed by atoms with Crippen LogP contribution in [0.3, 0.4) is 0 Å². The zero-order valence-electron chi connectivity index (χ0n) is 26.3. The van der Waals surface area contributed by atoms with Crippen LogP contribution >= 0.6 is 11.8 Å². The van der Waals surface area contributed by atoms with Crippen LogP contribution in [0.15, 0.2) is 23.8 Å². The molecule has 10 atom stereocenters. The van der Waals surface area contributed by atoms with E-state index in [1.165, 1.54) is 0 Å². The highest BCUT2D eigenvalue weighted by Gasteiger charge is 2.42. The van der Waals surface area contributed by atoms with Gasteiger partial charge in [-0.15, -0.1) is 0 Å². The summed E-state index contributed by atoms with van der Waals surface area (Å²) < 4.78 is 18.6. The van der Waals surface area contributed by atoms with Gasteiger partial charge in [0.1, 0.15) is 18.5 Å². The van der Waals surface area contributed by atoms with Gasteiger partial charge in [-0.3, -0.25) is 9.59 Å². The molecule has 2 rings (SSSR count). The average molecular weight is 596 g/mol. The van der Waals surface area contributed by atoms with Gasteiger partial charge in [-0.2, -0.15) is 11.8 Å². The van der Waals surface area contributed by atoms with E-state index in [2.05, 4.69) is 6.08 Å². The molecule has 0 aromatic heterocycles. The quantitative estimate of drug-likeness (QED) is 0.312. The monoisotopic (exact) mass is 595 g/mol. The molecule has 9 heteroatoms. The minimum absolute atomic E-state index is 0.0118. The molecular weight excluding hydrogens is 542 g/mol. The second-order valence-corrected chi connectivity index (χ2v) is 13.1. The lowest BCUT2D eigenvalue weighted by Crippen LogP contribution is -2.55. The third-order valence-electron chi connectivity index (χ3n) is 8.45. The van der Waals surface area contributed by atoms with Crippen molar-refractivity contribution in [3.63, 3.8) is 0 Å². The Labute approximate surface area is 251 Å². The third kappa shape index (κ3) is 10.9. The number of carbonyl (C=O) groups is 3. The first-order chi connectivity index (χ1) is 19.4. The van der Waals surface area contributed by atoms with Crippen molar-refractivity contribution < 1.29 is 33.7 Å². The lowest BCUT2D eigenvalue weighted by molar-refractivity contribution is -0.280. The minimum atomic E-state index is -0.888. The van der Waals surface area contributed by atoms with Gasteiger partial charge in [-0.05, 0) is 77.8 Å². The lowest BCUT2D eigenvalue weighted by atomic mass is 9.80. The zero-order valence-corrected chi connectivity index (χ0v) is 27.1. The summed E-state index contributed by atoms with van der Waals surface area (Å²) in [4.78, 5) is 40.1. The molecule has 0 radical (unpaired) electrons. The summed E-state index contributed by atoms with van der Waals surface area (Å²) in [6.45, 7) is 9.80. The number of allylic oxidation sites excluding steroid dienone is 3. The number of nitrogens with zero attached hydrogens (tertiary/aromatic N) is 1. The van der Waals surface area contributed by atoms with E-state index >= 15 is 0 Å². The van der Waals surface area contributed by atoms with Gasteiger partial charge in [-0.25, -0.2) is 0 Å². The van der Waals surface area contributed by atoms with Gasteiger partial charge in [0.15, 0.2) is 12.1 Å². The van der Waals surface area contributed by atoms with Crippen molar-refractivity contribution in [1.29, 1.82) is 0 Å². The number of esters is 1. The highest BCUT2D eigenvalue weighted by molar-refractivity contribution is 7.98. The molecule has 2 aliphatic rings. The fourth-order valence-electron chi connectivity index (χ4n) is 6.02. The second kappa shape index (κ2) is 17.6. The summed E-state index contributed by atoms with van der Waals surface area (Å²) in [7, 11) is 3.84. The number of thioether (sulfide) groups is 1. The highest BCUT2D eigenvalue weighted by atomic mass is 32.2. The van der Waals surface area contributed by atoms with Gasteiger partial charge in [-0.1, -0.05) is 38.5 Å². The van der Waals surface area contributed by atoms with Gasteiger partial charge in [0.25, 0.3) is 0 Å². The first-order valence-corrected chi connectivity index (χ1v) is 16.5. The zero-order chi connectivity index (χ0) is 30.7. The molecule has 2 heterocycles. The molecule has 0 bridgehead atoms. The number of ketones is 1. The van der Waals surface area contributed by atoms with Crippen molar-refractivity contribution in [3.05, 3.63) is 23.8 Å². The molecule has 0 saturated carbocycles. The van der Waals surface area contributed by atoms with E-state index in [0.29, 0.717) is 25.7 Å².